The van der Waals surface area contributed by atoms with Gasteiger partial charge in [-0.25, -0.2) is 9.59 Å². The molecule has 0 radical (unpaired) electrons. The first-order valence-corrected chi connectivity index (χ1v) is 10.8. The number of aliphatic carboxylic acids is 1. The Morgan fingerprint density at radius 3 is 2.66 bits per heavy atom. The molecule has 32 heavy (non-hydrogen) atoms. The summed E-state index contributed by atoms with van der Waals surface area (Å²) in [4.78, 5) is 34.2. The number of ether oxygens (including phenoxy) is 1. The molecule has 3 aliphatic rings. The first-order valence-electron chi connectivity index (χ1n) is 10.8. The summed E-state index contributed by atoms with van der Waals surface area (Å²) in [5, 5.41) is 19.0. The number of aliphatic imine (C=N–C) groups is 1. The molecule has 1 aromatic rings. The highest BCUT2D eigenvalue weighted by Gasteiger charge is 2.44. The van der Waals surface area contributed by atoms with Crippen molar-refractivity contribution in [2.75, 3.05) is 31.6 Å². The summed E-state index contributed by atoms with van der Waals surface area (Å²) < 4.78 is 5.30. The third-order valence-electron chi connectivity index (χ3n) is 5.80. The second kappa shape index (κ2) is 8.25. The van der Waals surface area contributed by atoms with Crippen LogP contribution < -0.4 is 16.0 Å². The Hall–Kier alpha value is -3.43. The van der Waals surface area contributed by atoms with Gasteiger partial charge in [-0.15, -0.1) is 0 Å². The molecule has 0 saturated carbocycles. The molecule has 1 saturated heterocycles. The minimum Gasteiger partial charge on any atom is -0.480 e. The Labute approximate surface area is 186 Å². The standard InChI is InChI=1S/C22H30N6O4/c1-21(2,3)32-20(31)27-22(19(29)30)5-8-28(9-6-22)16-4-7-25-18-17(16)15(12-26-18)14-10-23-13-24-11-14/h4,10-12,23,25-26H,5-9,13H2,1-3H3,(H,27,31)(H,29,30). The Morgan fingerprint density at radius 1 is 1.28 bits per heavy atom. The maximum absolute atomic E-state index is 12.3. The topological polar surface area (TPSA) is 131 Å². The third kappa shape index (κ3) is 4.30. The predicted octanol–water partition coefficient (Wildman–Crippen LogP) is 2.20. The van der Waals surface area contributed by atoms with E-state index in [0.29, 0.717) is 26.3 Å². The molecular weight excluding hydrogens is 412 g/mol. The predicted molar refractivity (Wildman–Crippen MR) is 122 cm³/mol. The minimum atomic E-state index is -1.35. The van der Waals surface area contributed by atoms with Crippen molar-refractivity contribution in [2.24, 2.45) is 4.99 Å². The molecule has 1 amide bonds. The van der Waals surface area contributed by atoms with E-state index in [-0.39, 0.29) is 12.8 Å². The Kier molecular flexibility index (Phi) is 5.62. The Bertz CT molecular complexity index is 993. The fourth-order valence-electron chi connectivity index (χ4n) is 4.25. The van der Waals surface area contributed by atoms with Gasteiger partial charge < -0.3 is 35.7 Å². The highest BCUT2D eigenvalue weighted by molar-refractivity contribution is 6.12. The number of carbonyl (C=O) groups is 2. The number of anilines is 1. The van der Waals surface area contributed by atoms with E-state index in [0.717, 1.165) is 28.2 Å². The van der Waals surface area contributed by atoms with Crippen LogP contribution in [0.15, 0.2) is 23.5 Å². The number of nitrogens with one attached hydrogen (secondary N) is 4. The van der Waals surface area contributed by atoms with E-state index in [4.69, 9.17) is 4.74 Å². The van der Waals surface area contributed by atoms with E-state index in [2.05, 4.69) is 36.9 Å². The maximum atomic E-state index is 12.3. The average Bonchev–Trinajstić information content (AvgIpc) is 3.18. The SMILES string of the molecule is CC(C)(C)OC(=O)NC1(C(=O)O)CCN(C2=CCNc3[nH]cc(C4=CNCN=C4)c32)CC1. The van der Waals surface area contributed by atoms with E-state index in [1.807, 2.05) is 18.6 Å². The van der Waals surface area contributed by atoms with Gasteiger partial charge in [0.15, 0.2) is 0 Å². The molecule has 10 heteroatoms. The summed E-state index contributed by atoms with van der Waals surface area (Å²) in [5.74, 6) is -0.112. The monoisotopic (exact) mass is 442 g/mol. The first kappa shape index (κ1) is 21.8. The molecule has 5 N–H and O–H groups in total. The van der Waals surface area contributed by atoms with Crippen molar-refractivity contribution in [1.82, 2.24) is 20.5 Å². The average molecular weight is 443 g/mol. The summed E-state index contributed by atoms with van der Waals surface area (Å²) in [6, 6.07) is 0. The number of likely N-dealkylation sites (tertiary alicyclic amines) is 1. The van der Waals surface area contributed by atoms with Crippen LogP contribution in [0.2, 0.25) is 0 Å². The van der Waals surface area contributed by atoms with E-state index in [1.165, 1.54) is 0 Å². The quantitative estimate of drug-likeness (QED) is 0.483. The van der Waals surface area contributed by atoms with Gasteiger partial charge in [-0.3, -0.25) is 4.99 Å². The van der Waals surface area contributed by atoms with Crippen molar-refractivity contribution in [3.05, 3.63) is 29.6 Å². The second-order valence-corrected chi connectivity index (χ2v) is 9.20. The number of carbonyl (C=O) groups excluding carboxylic acids is 1. The van der Waals surface area contributed by atoms with Crippen LogP contribution in [-0.4, -0.2) is 70.7 Å². The molecule has 0 aromatic carbocycles. The maximum Gasteiger partial charge on any atom is 0.408 e. The van der Waals surface area contributed by atoms with Crippen molar-refractivity contribution >= 4 is 35.4 Å². The van der Waals surface area contributed by atoms with Crippen molar-refractivity contribution < 1.29 is 19.4 Å². The molecule has 0 aliphatic carbocycles. The number of rotatable bonds is 4. The number of amides is 1. The molecule has 3 aliphatic heterocycles. The van der Waals surface area contributed by atoms with E-state index in [9.17, 15) is 14.7 Å². The van der Waals surface area contributed by atoms with Crippen LogP contribution in [0.3, 0.4) is 0 Å². The number of allylic oxidation sites excluding steroid dienone is 1. The number of fused-ring (bicyclic) bond motifs is 1. The number of carboxylic acids is 1. The van der Waals surface area contributed by atoms with Crippen LogP contribution in [-0.2, 0) is 9.53 Å². The molecule has 4 heterocycles. The number of piperidine rings is 1. The molecule has 172 valence electrons. The summed E-state index contributed by atoms with van der Waals surface area (Å²) in [6.45, 7) is 7.46. The van der Waals surface area contributed by atoms with Crippen molar-refractivity contribution in [1.29, 1.82) is 0 Å². The molecule has 0 unspecified atom stereocenters. The van der Waals surface area contributed by atoms with Gasteiger partial charge in [0, 0.05) is 60.6 Å². The van der Waals surface area contributed by atoms with E-state index >= 15 is 0 Å². The lowest BCUT2D eigenvalue weighted by atomic mass is 9.86. The lowest BCUT2D eigenvalue weighted by molar-refractivity contribution is -0.146. The van der Waals surface area contributed by atoms with E-state index < -0.39 is 23.2 Å². The largest absolute Gasteiger partial charge is 0.480 e. The number of hydrogen-bond donors (Lipinski definition) is 5. The number of H-pyrrole nitrogens is 1. The zero-order chi connectivity index (χ0) is 22.9. The molecule has 4 rings (SSSR count). The normalized spacial score (nSPS) is 19.7. The van der Waals surface area contributed by atoms with Crippen molar-refractivity contribution in [3.63, 3.8) is 0 Å². The van der Waals surface area contributed by atoms with Crippen LogP contribution in [0, 0.1) is 0 Å². The molecule has 1 fully saturated rings. The van der Waals surface area contributed by atoms with Crippen molar-refractivity contribution in [3.8, 4) is 0 Å². The number of alkyl carbamates (subject to hydrolysis) is 1. The highest BCUT2D eigenvalue weighted by atomic mass is 16.6. The zero-order valence-corrected chi connectivity index (χ0v) is 18.6. The lowest BCUT2D eigenvalue weighted by Crippen LogP contribution is -2.60. The van der Waals surface area contributed by atoms with Gasteiger partial charge in [-0.05, 0) is 39.7 Å². The number of aromatic amines is 1. The summed E-state index contributed by atoms with van der Waals surface area (Å²) >= 11 is 0. The van der Waals surface area contributed by atoms with Crippen molar-refractivity contribution in [2.45, 2.75) is 44.8 Å². The number of aromatic nitrogens is 1. The highest BCUT2D eigenvalue weighted by Crippen LogP contribution is 2.38. The van der Waals surface area contributed by atoms with E-state index in [1.54, 1.807) is 20.8 Å². The number of nitrogens with zero attached hydrogens (tertiary/aromatic N) is 2. The fourth-order valence-corrected chi connectivity index (χ4v) is 4.25. The number of hydrogen-bond acceptors (Lipinski definition) is 7. The Morgan fingerprint density at radius 2 is 2.03 bits per heavy atom. The minimum absolute atomic E-state index is 0.271. The smallest absolute Gasteiger partial charge is 0.408 e. The van der Waals surface area contributed by atoms with Crippen LogP contribution in [0.1, 0.15) is 44.7 Å². The van der Waals surface area contributed by atoms with Crippen LogP contribution in [0.5, 0.6) is 0 Å². The van der Waals surface area contributed by atoms with Crippen LogP contribution >= 0.6 is 0 Å². The van der Waals surface area contributed by atoms with Crippen LogP contribution in [0.25, 0.3) is 11.3 Å². The van der Waals surface area contributed by atoms with Gasteiger partial charge in [-0.2, -0.15) is 0 Å². The second-order valence-electron chi connectivity index (χ2n) is 9.20. The van der Waals surface area contributed by atoms with Gasteiger partial charge in [0.1, 0.15) is 23.6 Å². The van der Waals surface area contributed by atoms with Gasteiger partial charge in [0.05, 0.1) is 0 Å². The Balaban J connectivity index is 1.52. The first-order chi connectivity index (χ1) is 15.2. The van der Waals surface area contributed by atoms with Gasteiger partial charge in [0.2, 0.25) is 0 Å². The molecule has 0 spiro atoms. The molecule has 10 nitrogen and oxygen atoms in total. The summed E-state index contributed by atoms with van der Waals surface area (Å²) in [7, 11) is 0. The van der Waals surface area contributed by atoms with Gasteiger partial charge >= 0.3 is 12.1 Å². The number of carboxylic acid groups (broad SMARTS) is 1. The molecular formula is C22H30N6O4. The zero-order valence-electron chi connectivity index (χ0n) is 18.6. The molecule has 0 bridgehead atoms. The molecule has 0 atom stereocenters. The van der Waals surface area contributed by atoms with Gasteiger partial charge in [-0.1, -0.05) is 0 Å². The van der Waals surface area contributed by atoms with Gasteiger partial charge in [0.25, 0.3) is 0 Å². The lowest BCUT2D eigenvalue weighted by Gasteiger charge is -2.42. The fraction of sp³-hybridized carbons (Fsp3) is 0.500. The summed E-state index contributed by atoms with van der Waals surface area (Å²) in [5.41, 5.74) is 2.05. The summed E-state index contributed by atoms with van der Waals surface area (Å²) in [6.07, 6.45) is 7.70. The third-order valence-corrected chi connectivity index (χ3v) is 5.80. The van der Waals surface area contributed by atoms with Crippen LogP contribution in [0.4, 0.5) is 10.6 Å². The molecule has 1 aromatic heterocycles.